The van der Waals surface area contributed by atoms with Crippen LogP contribution in [0.4, 0.5) is 11.4 Å². The Balaban J connectivity index is 2.67. The lowest BCUT2D eigenvalue weighted by molar-refractivity contribution is 1.50. The van der Waals surface area contributed by atoms with E-state index in [0.717, 1.165) is 21.6 Å². The van der Waals surface area contributed by atoms with Gasteiger partial charge in [-0.25, -0.2) is 4.98 Å². The third-order valence-corrected chi connectivity index (χ3v) is 2.87. The van der Waals surface area contributed by atoms with Crippen molar-refractivity contribution in [2.45, 2.75) is 0 Å². The highest BCUT2D eigenvalue weighted by Crippen LogP contribution is 2.30. The molecule has 0 amide bonds. The van der Waals surface area contributed by atoms with Gasteiger partial charge in [-0.15, -0.1) is 11.3 Å². The fourth-order valence-electron chi connectivity index (χ4n) is 1.06. The van der Waals surface area contributed by atoms with Crippen molar-refractivity contribution in [3.05, 3.63) is 17.6 Å². The lowest BCUT2D eigenvalue weighted by Crippen LogP contribution is -1.88. The van der Waals surface area contributed by atoms with Gasteiger partial charge in [0.2, 0.25) is 0 Å². The number of halogens is 2. The van der Waals surface area contributed by atoms with Gasteiger partial charge in [0, 0.05) is 23.6 Å². The second-order valence-corrected chi connectivity index (χ2v) is 3.67. The van der Waals surface area contributed by atoms with E-state index < -0.39 is 0 Å². The molecule has 3 nitrogen and oxygen atoms in total. The van der Waals surface area contributed by atoms with Crippen LogP contribution in [0.25, 0.3) is 10.2 Å². The zero-order chi connectivity index (χ0) is 9.26. The Kier molecular flexibility index (Phi) is 2.44. The second-order valence-electron chi connectivity index (χ2n) is 2.41. The van der Waals surface area contributed by atoms with Crippen molar-refractivity contribution < 1.29 is 0 Å². The first kappa shape index (κ1) is 8.87. The van der Waals surface area contributed by atoms with Gasteiger partial charge >= 0.3 is 0 Å². The Labute approximate surface area is 88.9 Å². The average molecular weight is 234 g/mol. The van der Waals surface area contributed by atoms with Crippen LogP contribution in [-0.4, -0.2) is 4.98 Å². The van der Waals surface area contributed by atoms with Crippen molar-refractivity contribution >= 4 is 56.5 Å². The predicted octanol–water partition coefficient (Wildman–Crippen LogP) is 3.43. The molecule has 0 aliphatic carbocycles. The maximum absolute atomic E-state index is 5.51. The van der Waals surface area contributed by atoms with Crippen molar-refractivity contribution in [3.63, 3.8) is 0 Å². The zero-order valence-electron chi connectivity index (χ0n) is 6.34. The molecule has 0 spiro atoms. The summed E-state index contributed by atoms with van der Waals surface area (Å²) in [5.41, 5.74) is 4.15. The van der Waals surface area contributed by atoms with Gasteiger partial charge in [-0.05, 0) is 12.1 Å². The topological polar surface area (TPSA) is 37.0 Å². The van der Waals surface area contributed by atoms with E-state index in [1.165, 1.54) is 0 Å². The highest BCUT2D eigenvalue weighted by Gasteiger charge is 2.04. The molecule has 0 saturated carbocycles. The molecule has 1 heterocycles. The minimum absolute atomic E-state index is 0.718. The number of hydrogen-bond donors (Lipinski definition) is 2. The van der Waals surface area contributed by atoms with Crippen LogP contribution in [0.1, 0.15) is 0 Å². The molecule has 0 aliphatic rings. The van der Waals surface area contributed by atoms with E-state index in [2.05, 4.69) is 14.7 Å². The molecule has 0 fully saturated rings. The van der Waals surface area contributed by atoms with Crippen LogP contribution in [0, 0.1) is 0 Å². The number of benzene rings is 1. The van der Waals surface area contributed by atoms with Crippen LogP contribution in [0.15, 0.2) is 17.6 Å². The first-order chi connectivity index (χ1) is 6.35. The molecule has 0 aliphatic heterocycles. The number of nitrogens with zero attached hydrogens (tertiary/aromatic N) is 1. The van der Waals surface area contributed by atoms with Crippen molar-refractivity contribution in [3.8, 4) is 0 Å². The molecule has 0 radical (unpaired) electrons. The first-order valence-electron chi connectivity index (χ1n) is 3.45. The highest BCUT2D eigenvalue weighted by molar-refractivity contribution is 7.16. The fourth-order valence-corrected chi connectivity index (χ4v) is 2.07. The molecular weight excluding hydrogens is 229 g/mol. The van der Waals surface area contributed by atoms with E-state index in [1.807, 2.05) is 12.1 Å². The van der Waals surface area contributed by atoms with Gasteiger partial charge < -0.3 is 0 Å². The summed E-state index contributed by atoms with van der Waals surface area (Å²) in [5, 5.41) is 0. The van der Waals surface area contributed by atoms with Crippen LogP contribution >= 0.6 is 34.9 Å². The number of thiazole rings is 1. The van der Waals surface area contributed by atoms with Crippen LogP contribution in [0.3, 0.4) is 0 Å². The quantitative estimate of drug-likeness (QED) is 0.781. The van der Waals surface area contributed by atoms with Crippen LogP contribution in [0.5, 0.6) is 0 Å². The van der Waals surface area contributed by atoms with Gasteiger partial charge in [0.05, 0.1) is 27.1 Å². The predicted molar refractivity (Wildman–Crippen MR) is 58.6 cm³/mol. The molecular formula is C7H5Cl2N3S. The number of nitrogens with one attached hydrogen (secondary N) is 2. The van der Waals surface area contributed by atoms with Crippen molar-refractivity contribution in [2.75, 3.05) is 9.67 Å². The molecule has 0 bridgehead atoms. The lowest BCUT2D eigenvalue weighted by atomic mass is 10.2. The number of anilines is 2. The van der Waals surface area contributed by atoms with E-state index in [0.29, 0.717) is 0 Å². The summed E-state index contributed by atoms with van der Waals surface area (Å²) >= 11 is 12.6. The van der Waals surface area contributed by atoms with Gasteiger partial charge in [0.25, 0.3) is 0 Å². The molecule has 2 rings (SSSR count). The van der Waals surface area contributed by atoms with E-state index in [9.17, 15) is 0 Å². The van der Waals surface area contributed by atoms with E-state index in [-0.39, 0.29) is 0 Å². The minimum atomic E-state index is 0.718. The van der Waals surface area contributed by atoms with E-state index >= 15 is 0 Å². The molecule has 2 aromatic rings. The van der Waals surface area contributed by atoms with Gasteiger partial charge in [0.15, 0.2) is 0 Å². The number of fused-ring (bicyclic) bond motifs is 1. The maximum atomic E-state index is 5.51. The molecule has 1 aromatic heterocycles. The van der Waals surface area contributed by atoms with Crippen LogP contribution in [-0.2, 0) is 0 Å². The SMILES string of the molecule is ClNc1cc2ncsc2cc1NCl. The third-order valence-electron chi connectivity index (χ3n) is 1.67. The first-order valence-corrected chi connectivity index (χ1v) is 5.09. The summed E-state index contributed by atoms with van der Waals surface area (Å²) in [5.74, 6) is 0. The molecule has 13 heavy (non-hydrogen) atoms. The van der Waals surface area contributed by atoms with Gasteiger partial charge in [-0.1, -0.05) is 0 Å². The summed E-state index contributed by atoms with van der Waals surface area (Å²) in [6, 6.07) is 3.73. The molecule has 6 heteroatoms. The van der Waals surface area contributed by atoms with Gasteiger partial charge in [0.1, 0.15) is 0 Å². The van der Waals surface area contributed by atoms with Crippen molar-refractivity contribution in [1.29, 1.82) is 0 Å². The number of hydrogen-bond acceptors (Lipinski definition) is 4. The smallest absolute Gasteiger partial charge is 0.0834 e. The highest BCUT2D eigenvalue weighted by atomic mass is 35.5. The summed E-state index contributed by atoms with van der Waals surface area (Å²) in [4.78, 5) is 9.20. The van der Waals surface area contributed by atoms with Crippen LogP contribution in [0.2, 0.25) is 0 Å². The van der Waals surface area contributed by atoms with E-state index in [4.69, 9.17) is 23.6 Å². The van der Waals surface area contributed by atoms with E-state index in [1.54, 1.807) is 16.8 Å². The maximum Gasteiger partial charge on any atom is 0.0834 e. The molecule has 0 atom stereocenters. The Morgan fingerprint density at radius 2 is 1.85 bits per heavy atom. The molecule has 0 unspecified atom stereocenters. The standard InChI is InChI=1S/C7H5Cl2N3S/c8-11-4-1-6-7(13-3-10-6)2-5(4)12-9/h1-3,11-12H. The normalized spacial score (nSPS) is 10.3. The van der Waals surface area contributed by atoms with Crippen LogP contribution < -0.4 is 9.67 Å². The lowest BCUT2D eigenvalue weighted by Gasteiger charge is -2.04. The third kappa shape index (κ3) is 1.52. The van der Waals surface area contributed by atoms with Gasteiger partial charge in [-0.3, -0.25) is 9.67 Å². The zero-order valence-corrected chi connectivity index (χ0v) is 8.67. The van der Waals surface area contributed by atoms with Gasteiger partial charge in [-0.2, -0.15) is 0 Å². The second kappa shape index (κ2) is 3.57. The molecule has 1 aromatic carbocycles. The number of rotatable bonds is 2. The Morgan fingerprint density at radius 1 is 1.15 bits per heavy atom. The summed E-state index contributed by atoms with van der Waals surface area (Å²) in [6.07, 6.45) is 0. The summed E-state index contributed by atoms with van der Waals surface area (Å²) in [7, 11) is 0. The Bertz CT molecular complexity index is 391. The Hall–Kier alpha value is -0.710. The largest absolute Gasteiger partial charge is 0.296 e. The molecule has 68 valence electrons. The van der Waals surface area contributed by atoms with Crippen molar-refractivity contribution in [2.24, 2.45) is 0 Å². The molecule has 2 N–H and O–H groups in total. The van der Waals surface area contributed by atoms with Crippen molar-refractivity contribution in [1.82, 2.24) is 4.98 Å². The summed E-state index contributed by atoms with van der Waals surface area (Å²) in [6.45, 7) is 0. The Morgan fingerprint density at radius 3 is 2.54 bits per heavy atom. The number of aromatic nitrogens is 1. The average Bonchev–Trinajstić information content (AvgIpc) is 2.62. The summed E-state index contributed by atoms with van der Waals surface area (Å²) < 4.78 is 1.07. The minimum Gasteiger partial charge on any atom is -0.296 e. The fraction of sp³-hybridized carbons (Fsp3) is 0. The molecule has 0 saturated heterocycles. The monoisotopic (exact) mass is 233 g/mol.